The van der Waals surface area contributed by atoms with Gasteiger partial charge in [0.2, 0.25) is 0 Å². The van der Waals surface area contributed by atoms with E-state index >= 15 is 0 Å². The standard InChI is InChI=1S/C34H20N2O/c1-2-8-26-25(7-1)24(23-14-18-32-29(20-23)28-9-3-4-10-31(28)37-32)15-16-27(26)30-17-13-22-12-11-21-6-5-19-35-33(21)34(22)36-30/h1-20H/i3D. The van der Waals surface area contributed by atoms with Crippen LogP contribution in [-0.2, 0) is 0 Å². The van der Waals surface area contributed by atoms with Gasteiger partial charge in [0.05, 0.1) is 18.1 Å². The summed E-state index contributed by atoms with van der Waals surface area (Å²) < 4.78 is 14.1. The molecule has 8 rings (SSSR count). The lowest BCUT2D eigenvalue weighted by Gasteiger charge is -2.13. The van der Waals surface area contributed by atoms with Crippen LogP contribution in [0.15, 0.2) is 126 Å². The second kappa shape index (κ2) is 7.74. The molecule has 0 bridgehead atoms. The normalized spacial score (nSPS) is 12.2. The van der Waals surface area contributed by atoms with Crippen LogP contribution < -0.4 is 0 Å². The van der Waals surface area contributed by atoms with Gasteiger partial charge in [-0.25, -0.2) is 4.98 Å². The molecule has 0 fully saturated rings. The second-order valence-corrected chi connectivity index (χ2v) is 9.35. The van der Waals surface area contributed by atoms with Crippen molar-refractivity contribution in [2.75, 3.05) is 0 Å². The number of nitrogens with zero attached hydrogens (tertiary/aromatic N) is 2. The summed E-state index contributed by atoms with van der Waals surface area (Å²) in [6.45, 7) is 0. The predicted octanol–water partition coefficient (Wildman–Crippen LogP) is 9.17. The maximum Gasteiger partial charge on any atom is 0.135 e. The maximum atomic E-state index is 8.07. The lowest BCUT2D eigenvalue weighted by Crippen LogP contribution is -1.91. The lowest BCUT2D eigenvalue weighted by molar-refractivity contribution is 0.669. The highest BCUT2D eigenvalue weighted by Gasteiger charge is 2.14. The summed E-state index contributed by atoms with van der Waals surface area (Å²) in [6, 6.07) is 37.6. The topological polar surface area (TPSA) is 38.9 Å². The molecule has 0 saturated heterocycles. The number of furan rings is 1. The Kier molecular flexibility index (Phi) is 4.02. The molecule has 0 spiro atoms. The first kappa shape index (κ1) is 19.2. The van der Waals surface area contributed by atoms with Gasteiger partial charge in [0.25, 0.3) is 0 Å². The third-order valence-corrected chi connectivity index (χ3v) is 7.26. The first-order valence-corrected chi connectivity index (χ1v) is 12.3. The number of aromatic nitrogens is 2. The molecule has 0 amide bonds. The van der Waals surface area contributed by atoms with Gasteiger partial charge in [0.15, 0.2) is 0 Å². The van der Waals surface area contributed by atoms with Crippen LogP contribution in [0.4, 0.5) is 0 Å². The average molecular weight is 474 g/mol. The van der Waals surface area contributed by atoms with Crippen molar-refractivity contribution in [1.29, 1.82) is 0 Å². The van der Waals surface area contributed by atoms with Crippen LogP contribution in [0.2, 0.25) is 0 Å². The third kappa shape index (κ3) is 3.08. The van der Waals surface area contributed by atoms with Crippen LogP contribution >= 0.6 is 0 Å². The quantitative estimate of drug-likeness (QED) is 0.235. The summed E-state index contributed by atoms with van der Waals surface area (Å²) >= 11 is 0. The Labute approximate surface area is 214 Å². The highest BCUT2D eigenvalue weighted by molar-refractivity contribution is 6.10. The molecule has 8 aromatic rings. The zero-order valence-electron chi connectivity index (χ0n) is 20.8. The van der Waals surface area contributed by atoms with Crippen LogP contribution in [0.1, 0.15) is 1.37 Å². The van der Waals surface area contributed by atoms with Gasteiger partial charge in [0, 0.05) is 33.3 Å². The minimum atomic E-state index is 0.478. The smallest absolute Gasteiger partial charge is 0.135 e. The molecule has 3 heterocycles. The number of hydrogen-bond donors (Lipinski definition) is 0. The first-order chi connectivity index (χ1) is 18.7. The Morgan fingerprint density at radius 3 is 2.27 bits per heavy atom. The third-order valence-electron chi connectivity index (χ3n) is 7.26. The maximum absolute atomic E-state index is 8.07. The molecule has 0 atom stereocenters. The summed E-state index contributed by atoms with van der Waals surface area (Å²) in [6.07, 6.45) is 1.82. The molecule has 0 N–H and O–H groups in total. The fourth-order valence-electron chi connectivity index (χ4n) is 5.48. The summed E-state index contributed by atoms with van der Waals surface area (Å²) in [5.74, 6) is 0. The molecule has 172 valence electrons. The molecular weight excluding hydrogens is 452 g/mol. The number of para-hydroxylation sites is 1. The number of benzene rings is 5. The molecule has 37 heavy (non-hydrogen) atoms. The molecule has 0 aliphatic heterocycles. The zero-order chi connectivity index (χ0) is 25.2. The summed E-state index contributed by atoms with van der Waals surface area (Å²) in [5, 5.41) is 6.47. The van der Waals surface area contributed by atoms with Crippen LogP contribution in [0.5, 0.6) is 0 Å². The zero-order valence-corrected chi connectivity index (χ0v) is 19.8. The van der Waals surface area contributed by atoms with E-state index in [1.54, 1.807) is 6.07 Å². The summed E-state index contributed by atoms with van der Waals surface area (Å²) in [5.41, 5.74) is 7.75. The molecule has 0 aliphatic rings. The number of hydrogen-bond acceptors (Lipinski definition) is 3. The van der Waals surface area contributed by atoms with E-state index in [4.69, 9.17) is 10.8 Å². The average Bonchev–Trinajstić information content (AvgIpc) is 3.33. The number of rotatable bonds is 2. The monoisotopic (exact) mass is 473 g/mol. The molecule has 0 saturated carbocycles. The summed E-state index contributed by atoms with van der Waals surface area (Å²) in [7, 11) is 0. The number of fused-ring (bicyclic) bond motifs is 7. The van der Waals surface area contributed by atoms with E-state index in [0.717, 1.165) is 76.9 Å². The van der Waals surface area contributed by atoms with Crippen molar-refractivity contribution in [2.45, 2.75) is 0 Å². The van der Waals surface area contributed by atoms with E-state index in [1.807, 2.05) is 30.5 Å². The van der Waals surface area contributed by atoms with Crippen molar-refractivity contribution in [2.24, 2.45) is 0 Å². The van der Waals surface area contributed by atoms with Crippen LogP contribution in [-0.4, -0.2) is 9.97 Å². The van der Waals surface area contributed by atoms with Crippen molar-refractivity contribution >= 4 is 54.5 Å². The minimum Gasteiger partial charge on any atom is -0.456 e. The van der Waals surface area contributed by atoms with E-state index in [-0.39, 0.29) is 0 Å². The van der Waals surface area contributed by atoms with Gasteiger partial charge in [-0.2, -0.15) is 0 Å². The lowest BCUT2D eigenvalue weighted by atomic mass is 9.93. The molecule has 3 nitrogen and oxygen atoms in total. The van der Waals surface area contributed by atoms with Gasteiger partial charge < -0.3 is 4.42 Å². The Morgan fingerprint density at radius 2 is 1.35 bits per heavy atom. The molecule has 0 radical (unpaired) electrons. The molecule has 0 aliphatic carbocycles. The number of pyridine rings is 2. The second-order valence-electron chi connectivity index (χ2n) is 9.35. The van der Waals surface area contributed by atoms with E-state index in [2.05, 4.69) is 83.8 Å². The van der Waals surface area contributed by atoms with E-state index in [1.165, 1.54) is 0 Å². The Hall–Kier alpha value is -5.02. The Bertz CT molecular complexity index is 2210. The van der Waals surface area contributed by atoms with E-state index in [0.29, 0.717) is 6.04 Å². The van der Waals surface area contributed by atoms with E-state index < -0.39 is 0 Å². The van der Waals surface area contributed by atoms with Gasteiger partial charge in [0.1, 0.15) is 11.2 Å². The van der Waals surface area contributed by atoms with Gasteiger partial charge in [-0.1, -0.05) is 84.9 Å². The fourth-order valence-corrected chi connectivity index (χ4v) is 5.48. The first-order valence-electron chi connectivity index (χ1n) is 12.8. The SMILES string of the molecule is [2H]c1ccc2oc3ccc(-c4ccc(-c5ccc6ccc7cccnc7c6n5)c5ccccc45)cc3c2c1. The van der Waals surface area contributed by atoms with E-state index in [9.17, 15) is 0 Å². The predicted molar refractivity (Wildman–Crippen MR) is 153 cm³/mol. The molecule has 0 unspecified atom stereocenters. The summed E-state index contributed by atoms with van der Waals surface area (Å²) in [4.78, 5) is 9.74. The molecule has 3 heteroatoms. The van der Waals surface area contributed by atoms with Crippen LogP contribution in [0, 0.1) is 0 Å². The van der Waals surface area contributed by atoms with Gasteiger partial charge >= 0.3 is 0 Å². The Morgan fingerprint density at radius 1 is 0.568 bits per heavy atom. The van der Waals surface area contributed by atoms with Crippen molar-refractivity contribution in [3.63, 3.8) is 0 Å². The van der Waals surface area contributed by atoms with Gasteiger partial charge in [-0.3, -0.25) is 4.98 Å². The van der Waals surface area contributed by atoms with Crippen molar-refractivity contribution < 1.29 is 5.79 Å². The highest BCUT2D eigenvalue weighted by atomic mass is 16.3. The van der Waals surface area contributed by atoms with Crippen molar-refractivity contribution in [3.05, 3.63) is 121 Å². The minimum absolute atomic E-state index is 0.478. The Balaban J connectivity index is 1.34. The largest absolute Gasteiger partial charge is 0.456 e. The fraction of sp³-hybridized carbons (Fsp3) is 0. The van der Waals surface area contributed by atoms with Crippen LogP contribution in [0.3, 0.4) is 0 Å². The molecule has 3 aromatic heterocycles. The molecular formula is C34H20N2O. The van der Waals surface area contributed by atoms with Crippen molar-refractivity contribution in [1.82, 2.24) is 9.97 Å². The van der Waals surface area contributed by atoms with Gasteiger partial charge in [-0.15, -0.1) is 0 Å². The highest BCUT2D eigenvalue weighted by Crippen LogP contribution is 2.38. The molecule has 5 aromatic carbocycles. The van der Waals surface area contributed by atoms with Crippen molar-refractivity contribution in [3.8, 4) is 22.4 Å². The van der Waals surface area contributed by atoms with Gasteiger partial charge in [-0.05, 0) is 52.2 Å². The van der Waals surface area contributed by atoms with Crippen LogP contribution in [0.25, 0.3) is 76.9 Å².